The lowest BCUT2D eigenvalue weighted by Crippen LogP contribution is -2.32. The summed E-state index contributed by atoms with van der Waals surface area (Å²) in [6, 6.07) is 5.05. The lowest BCUT2D eigenvalue weighted by atomic mass is 9.78. The second-order valence-corrected chi connectivity index (χ2v) is 5.47. The molecular weight excluding hydrogens is 203 g/mol. The van der Waals surface area contributed by atoms with E-state index in [9.17, 15) is 9.50 Å². The van der Waals surface area contributed by atoms with Gasteiger partial charge >= 0.3 is 0 Å². The monoisotopic (exact) mass is 220 g/mol. The summed E-state index contributed by atoms with van der Waals surface area (Å²) >= 11 is 0. The van der Waals surface area contributed by atoms with Gasteiger partial charge in [0.2, 0.25) is 0 Å². The molecule has 2 bridgehead atoms. The van der Waals surface area contributed by atoms with Gasteiger partial charge in [0.25, 0.3) is 0 Å². The number of hydrogen-bond acceptors (Lipinski definition) is 1. The predicted molar refractivity (Wildman–Crippen MR) is 60.5 cm³/mol. The Labute approximate surface area is 95.3 Å². The molecule has 2 fully saturated rings. The molecule has 0 spiro atoms. The molecule has 1 aromatic carbocycles. The van der Waals surface area contributed by atoms with Crippen LogP contribution in [0, 0.1) is 24.6 Å². The van der Waals surface area contributed by atoms with E-state index >= 15 is 0 Å². The highest BCUT2D eigenvalue weighted by Gasteiger charge is 2.50. The van der Waals surface area contributed by atoms with Gasteiger partial charge in [-0.1, -0.05) is 12.1 Å². The Morgan fingerprint density at radius 2 is 2.19 bits per heavy atom. The zero-order chi connectivity index (χ0) is 11.3. The van der Waals surface area contributed by atoms with Gasteiger partial charge in [0.15, 0.2) is 0 Å². The third kappa shape index (κ3) is 1.32. The van der Waals surface area contributed by atoms with Crippen LogP contribution in [0.15, 0.2) is 18.2 Å². The molecule has 3 rings (SSSR count). The number of halogens is 1. The fourth-order valence-electron chi connectivity index (χ4n) is 3.57. The highest BCUT2D eigenvalue weighted by molar-refractivity contribution is 5.31. The predicted octanol–water partition coefficient (Wildman–Crippen LogP) is 3.14. The fourth-order valence-corrected chi connectivity index (χ4v) is 3.57. The summed E-state index contributed by atoms with van der Waals surface area (Å²) < 4.78 is 13.2. The van der Waals surface area contributed by atoms with Crippen LogP contribution in [0.4, 0.5) is 4.39 Å². The lowest BCUT2D eigenvalue weighted by Gasteiger charge is -2.33. The van der Waals surface area contributed by atoms with Gasteiger partial charge in [-0.2, -0.15) is 0 Å². The summed E-state index contributed by atoms with van der Waals surface area (Å²) in [6.07, 6.45) is 4.39. The van der Waals surface area contributed by atoms with Crippen molar-refractivity contribution in [2.24, 2.45) is 11.8 Å². The van der Waals surface area contributed by atoms with Gasteiger partial charge < -0.3 is 5.11 Å². The van der Waals surface area contributed by atoms with Gasteiger partial charge in [-0.25, -0.2) is 4.39 Å². The van der Waals surface area contributed by atoms with Crippen molar-refractivity contribution in [2.75, 3.05) is 0 Å². The maximum atomic E-state index is 13.2. The van der Waals surface area contributed by atoms with Gasteiger partial charge in [-0.15, -0.1) is 0 Å². The summed E-state index contributed by atoms with van der Waals surface area (Å²) in [5.74, 6) is 0.887. The summed E-state index contributed by atoms with van der Waals surface area (Å²) in [6.45, 7) is 1.76. The number of fused-ring (bicyclic) bond motifs is 2. The molecule has 1 aromatic rings. The largest absolute Gasteiger partial charge is 0.385 e. The molecule has 0 saturated heterocycles. The van der Waals surface area contributed by atoms with Crippen LogP contribution in [-0.4, -0.2) is 5.11 Å². The Balaban J connectivity index is 2.00. The number of aryl methyl sites for hydroxylation is 1. The Morgan fingerprint density at radius 1 is 1.38 bits per heavy atom. The van der Waals surface area contributed by atoms with Crippen LogP contribution in [-0.2, 0) is 5.60 Å². The maximum absolute atomic E-state index is 13.2. The van der Waals surface area contributed by atoms with Crippen LogP contribution >= 0.6 is 0 Å². The van der Waals surface area contributed by atoms with E-state index in [0.29, 0.717) is 17.4 Å². The van der Waals surface area contributed by atoms with Gasteiger partial charge in [0.05, 0.1) is 5.60 Å². The first kappa shape index (κ1) is 10.3. The zero-order valence-corrected chi connectivity index (χ0v) is 9.54. The first-order chi connectivity index (χ1) is 7.59. The molecule has 0 heterocycles. The summed E-state index contributed by atoms with van der Waals surface area (Å²) in [4.78, 5) is 0. The SMILES string of the molecule is Cc1cc(C2(O)CC3CCC2C3)ccc1F. The molecule has 3 atom stereocenters. The van der Waals surface area contributed by atoms with Crippen molar-refractivity contribution in [3.63, 3.8) is 0 Å². The summed E-state index contributed by atoms with van der Waals surface area (Å²) in [7, 11) is 0. The van der Waals surface area contributed by atoms with Crippen molar-refractivity contribution in [1.82, 2.24) is 0 Å². The van der Waals surface area contributed by atoms with Gasteiger partial charge in [-0.3, -0.25) is 0 Å². The number of benzene rings is 1. The standard InChI is InChI=1S/C14H17FO/c1-9-6-11(4-5-13(9)15)14(16)8-10-2-3-12(14)7-10/h4-6,10,12,16H,2-3,7-8H2,1H3. The minimum atomic E-state index is -0.679. The van der Waals surface area contributed by atoms with E-state index < -0.39 is 5.60 Å². The van der Waals surface area contributed by atoms with E-state index in [-0.39, 0.29) is 5.82 Å². The molecule has 0 radical (unpaired) electrons. The Bertz CT molecular complexity index is 429. The first-order valence-corrected chi connectivity index (χ1v) is 6.08. The van der Waals surface area contributed by atoms with Gasteiger partial charge in [0.1, 0.15) is 5.82 Å². The molecule has 2 saturated carbocycles. The van der Waals surface area contributed by atoms with Crippen LogP contribution in [0.25, 0.3) is 0 Å². The fraction of sp³-hybridized carbons (Fsp3) is 0.571. The van der Waals surface area contributed by atoms with E-state index in [1.54, 1.807) is 13.0 Å². The highest BCUT2D eigenvalue weighted by Crippen LogP contribution is 2.55. The van der Waals surface area contributed by atoms with Crippen LogP contribution in [0.2, 0.25) is 0 Å². The average molecular weight is 220 g/mol. The molecule has 16 heavy (non-hydrogen) atoms. The van der Waals surface area contributed by atoms with Crippen LogP contribution < -0.4 is 0 Å². The molecule has 0 aromatic heterocycles. The van der Waals surface area contributed by atoms with Crippen molar-refractivity contribution in [3.8, 4) is 0 Å². The second-order valence-electron chi connectivity index (χ2n) is 5.47. The van der Waals surface area contributed by atoms with Crippen molar-refractivity contribution in [3.05, 3.63) is 35.1 Å². The molecule has 3 unspecified atom stereocenters. The second kappa shape index (κ2) is 3.30. The number of hydrogen-bond donors (Lipinski definition) is 1. The smallest absolute Gasteiger partial charge is 0.126 e. The molecule has 1 N–H and O–H groups in total. The molecule has 1 nitrogen and oxygen atoms in total. The molecule has 2 aliphatic carbocycles. The van der Waals surface area contributed by atoms with Crippen LogP contribution in [0.5, 0.6) is 0 Å². The van der Waals surface area contributed by atoms with Crippen molar-refractivity contribution >= 4 is 0 Å². The van der Waals surface area contributed by atoms with Crippen molar-refractivity contribution in [2.45, 2.75) is 38.2 Å². The normalized spacial score (nSPS) is 36.9. The van der Waals surface area contributed by atoms with Crippen LogP contribution in [0.3, 0.4) is 0 Å². The van der Waals surface area contributed by atoms with Crippen LogP contribution in [0.1, 0.15) is 36.8 Å². The Hall–Kier alpha value is -0.890. The highest BCUT2D eigenvalue weighted by atomic mass is 19.1. The lowest BCUT2D eigenvalue weighted by molar-refractivity contribution is -0.0183. The third-order valence-electron chi connectivity index (χ3n) is 4.47. The quantitative estimate of drug-likeness (QED) is 0.771. The molecule has 0 amide bonds. The molecular formula is C14H17FO. The average Bonchev–Trinajstić information content (AvgIpc) is 2.82. The van der Waals surface area contributed by atoms with E-state index in [1.165, 1.54) is 12.5 Å². The Kier molecular flexibility index (Phi) is 2.12. The summed E-state index contributed by atoms with van der Waals surface area (Å²) in [5.41, 5.74) is 0.869. The van der Waals surface area contributed by atoms with E-state index in [0.717, 1.165) is 24.8 Å². The van der Waals surface area contributed by atoms with Gasteiger partial charge in [-0.05, 0) is 61.6 Å². The Morgan fingerprint density at radius 3 is 2.75 bits per heavy atom. The third-order valence-corrected chi connectivity index (χ3v) is 4.47. The molecule has 2 heteroatoms. The number of rotatable bonds is 1. The zero-order valence-electron chi connectivity index (χ0n) is 9.54. The molecule has 2 aliphatic rings. The van der Waals surface area contributed by atoms with Crippen molar-refractivity contribution in [1.29, 1.82) is 0 Å². The summed E-state index contributed by atoms with van der Waals surface area (Å²) in [5, 5.41) is 10.7. The number of aliphatic hydroxyl groups is 1. The maximum Gasteiger partial charge on any atom is 0.126 e. The minimum absolute atomic E-state index is 0.185. The van der Waals surface area contributed by atoms with E-state index in [4.69, 9.17) is 0 Å². The first-order valence-electron chi connectivity index (χ1n) is 6.08. The van der Waals surface area contributed by atoms with E-state index in [2.05, 4.69) is 0 Å². The minimum Gasteiger partial charge on any atom is -0.385 e. The molecule has 86 valence electrons. The topological polar surface area (TPSA) is 20.2 Å². The van der Waals surface area contributed by atoms with Crippen molar-refractivity contribution < 1.29 is 9.50 Å². The van der Waals surface area contributed by atoms with Gasteiger partial charge in [0, 0.05) is 0 Å². The van der Waals surface area contributed by atoms with E-state index in [1.807, 2.05) is 6.07 Å². The molecule has 0 aliphatic heterocycles.